The zero-order valence-electron chi connectivity index (χ0n) is 14.6. The van der Waals surface area contributed by atoms with Crippen LogP contribution >= 0.6 is 0 Å². The standard InChI is InChI=1S/C20H24N2O2.H2O/c1-3-13-12-22-9-7-14(13)10-19(22)20(23)16-6-8-21-18-5-4-15(24-2)11-17(16)18;/h3-6,8,11,13-14,19-20,23H,1,7,9-10,12H2,2H3;1H2. The number of hydrogen-bond donors (Lipinski definition) is 1. The van der Waals surface area contributed by atoms with Gasteiger partial charge in [-0.3, -0.25) is 9.88 Å². The van der Waals surface area contributed by atoms with Crippen LogP contribution in [0.3, 0.4) is 0 Å². The molecule has 1 aromatic heterocycles. The normalized spacial score (nSPS) is 29.0. The average molecular weight is 342 g/mol. The van der Waals surface area contributed by atoms with Gasteiger partial charge in [0, 0.05) is 24.2 Å². The second-order valence-corrected chi connectivity index (χ2v) is 6.97. The third-order valence-electron chi connectivity index (χ3n) is 5.82. The Kier molecular flexibility index (Phi) is 5.08. The van der Waals surface area contributed by atoms with Crippen LogP contribution < -0.4 is 4.74 Å². The Hall–Kier alpha value is -1.95. The number of aliphatic hydroxyl groups excluding tert-OH is 1. The maximum atomic E-state index is 11.2. The lowest BCUT2D eigenvalue weighted by molar-refractivity contribution is -0.0444. The van der Waals surface area contributed by atoms with Gasteiger partial charge in [0.15, 0.2) is 0 Å². The van der Waals surface area contributed by atoms with Crippen molar-refractivity contribution < 1.29 is 15.3 Å². The van der Waals surface area contributed by atoms with Crippen molar-refractivity contribution in [2.45, 2.75) is 25.0 Å². The molecule has 3 saturated heterocycles. The van der Waals surface area contributed by atoms with Crippen LogP contribution in [0.15, 0.2) is 43.1 Å². The largest absolute Gasteiger partial charge is 0.497 e. The lowest BCUT2D eigenvalue weighted by atomic mass is 9.73. The van der Waals surface area contributed by atoms with Crippen LogP contribution in [0.4, 0.5) is 0 Å². The summed E-state index contributed by atoms with van der Waals surface area (Å²) in [5.74, 6) is 2.01. The van der Waals surface area contributed by atoms with Crippen LogP contribution in [0, 0.1) is 11.8 Å². The predicted octanol–water partition coefficient (Wildman–Crippen LogP) is 2.35. The molecule has 2 bridgehead atoms. The number of piperidine rings is 3. The van der Waals surface area contributed by atoms with Crippen LogP contribution in [0.25, 0.3) is 10.9 Å². The third kappa shape index (κ3) is 3.03. The van der Waals surface area contributed by atoms with E-state index >= 15 is 0 Å². The average Bonchev–Trinajstić information content (AvgIpc) is 2.66. The lowest BCUT2D eigenvalue weighted by Crippen LogP contribution is -2.54. The van der Waals surface area contributed by atoms with Crippen molar-refractivity contribution in [1.82, 2.24) is 9.88 Å². The molecule has 3 aliphatic heterocycles. The molecule has 0 aliphatic carbocycles. The quantitative estimate of drug-likeness (QED) is 0.865. The molecule has 25 heavy (non-hydrogen) atoms. The number of fused-ring (bicyclic) bond motifs is 4. The summed E-state index contributed by atoms with van der Waals surface area (Å²) in [6.45, 7) is 6.07. The minimum atomic E-state index is -0.504. The summed E-state index contributed by atoms with van der Waals surface area (Å²) in [7, 11) is 1.66. The number of pyridine rings is 1. The number of nitrogens with zero attached hydrogens (tertiary/aromatic N) is 2. The molecule has 2 aromatic rings. The Balaban J connectivity index is 0.00000182. The minimum absolute atomic E-state index is 0. The molecule has 5 nitrogen and oxygen atoms in total. The molecule has 0 spiro atoms. The highest BCUT2D eigenvalue weighted by atomic mass is 16.5. The molecule has 3 aliphatic rings. The van der Waals surface area contributed by atoms with Crippen molar-refractivity contribution in [3.8, 4) is 5.75 Å². The Morgan fingerprint density at radius 3 is 2.92 bits per heavy atom. The zero-order valence-corrected chi connectivity index (χ0v) is 14.6. The van der Waals surface area contributed by atoms with E-state index in [1.165, 1.54) is 6.42 Å². The fourth-order valence-corrected chi connectivity index (χ4v) is 4.44. The lowest BCUT2D eigenvalue weighted by Gasteiger charge is -2.50. The van der Waals surface area contributed by atoms with Crippen LogP contribution in [-0.2, 0) is 0 Å². The van der Waals surface area contributed by atoms with Gasteiger partial charge in [-0.1, -0.05) is 6.08 Å². The first-order chi connectivity index (χ1) is 11.7. The van der Waals surface area contributed by atoms with Crippen LogP contribution in [-0.4, -0.2) is 46.7 Å². The summed E-state index contributed by atoms with van der Waals surface area (Å²) in [6, 6.07) is 7.96. The van der Waals surface area contributed by atoms with Crippen molar-refractivity contribution in [1.29, 1.82) is 0 Å². The predicted molar refractivity (Wildman–Crippen MR) is 98.6 cm³/mol. The Morgan fingerprint density at radius 1 is 1.40 bits per heavy atom. The van der Waals surface area contributed by atoms with Crippen LogP contribution in [0.1, 0.15) is 24.5 Å². The number of ether oxygens (including phenoxy) is 1. The highest BCUT2D eigenvalue weighted by Gasteiger charge is 2.42. The number of aromatic nitrogens is 1. The Labute approximate surface area is 148 Å². The maximum absolute atomic E-state index is 11.2. The van der Waals surface area contributed by atoms with Gasteiger partial charge < -0.3 is 15.3 Å². The molecule has 4 heterocycles. The third-order valence-corrected chi connectivity index (χ3v) is 5.82. The monoisotopic (exact) mass is 342 g/mol. The van der Waals surface area contributed by atoms with E-state index in [9.17, 15) is 5.11 Å². The topological polar surface area (TPSA) is 77.1 Å². The van der Waals surface area contributed by atoms with E-state index in [-0.39, 0.29) is 11.5 Å². The fourth-order valence-electron chi connectivity index (χ4n) is 4.44. The molecule has 3 fully saturated rings. The van der Waals surface area contributed by atoms with Crippen LogP contribution in [0.2, 0.25) is 0 Å². The van der Waals surface area contributed by atoms with Crippen molar-refractivity contribution in [2.75, 3.05) is 20.2 Å². The SMILES string of the molecule is C=CC1CN2CCC1CC2C(O)c1ccnc2ccc(OC)cc12.O. The molecule has 0 saturated carbocycles. The van der Waals surface area contributed by atoms with E-state index in [1.54, 1.807) is 13.3 Å². The molecule has 5 atom stereocenters. The van der Waals surface area contributed by atoms with Crippen molar-refractivity contribution >= 4 is 10.9 Å². The van der Waals surface area contributed by atoms with Gasteiger partial charge in [0.05, 0.1) is 18.7 Å². The van der Waals surface area contributed by atoms with E-state index < -0.39 is 6.10 Å². The summed E-state index contributed by atoms with van der Waals surface area (Å²) >= 11 is 0. The van der Waals surface area contributed by atoms with Gasteiger partial charge >= 0.3 is 0 Å². The van der Waals surface area contributed by atoms with Crippen molar-refractivity contribution in [3.63, 3.8) is 0 Å². The van der Waals surface area contributed by atoms with Gasteiger partial charge in [0.2, 0.25) is 0 Å². The summed E-state index contributed by atoms with van der Waals surface area (Å²) in [5, 5.41) is 12.1. The van der Waals surface area contributed by atoms with E-state index in [0.29, 0.717) is 11.8 Å². The second kappa shape index (κ2) is 7.12. The molecule has 134 valence electrons. The first kappa shape index (κ1) is 17.9. The number of hydrogen-bond acceptors (Lipinski definition) is 4. The highest BCUT2D eigenvalue weighted by Crippen LogP contribution is 2.42. The zero-order chi connectivity index (χ0) is 16.7. The fraction of sp³-hybridized carbons (Fsp3) is 0.450. The summed E-state index contributed by atoms with van der Waals surface area (Å²) in [6.07, 6.45) is 5.62. The maximum Gasteiger partial charge on any atom is 0.119 e. The Morgan fingerprint density at radius 2 is 2.24 bits per heavy atom. The number of aliphatic hydroxyl groups is 1. The molecule has 3 N–H and O–H groups in total. The molecule has 5 heteroatoms. The number of benzene rings is 1. The van der Waals surface area contributed by atoms with E-state index in [0.717, 1.165) is 41.7 Å². The van der Waals surface area contributed by atoms with Crippen LogP contribution in [0.5, 0.6) is 5.75 Å². The smallest absolute Gasteiger partial charge is 0.119 e. The van der Waals surface area contributed by atoms with Gasteiger partial charge in [0.25, 0.3) is 0 Å². The molecule has 1 aromatic carbocycles. The van der Waals surface area contributed by atoms with Crippen molar-refractivity contribution in [2.24, 2.45) is 11.8 Å². The first-order valence-electron chi connectivity index (χ1n) is 8.68. The van der Waals surface area contributed by atoms with Gasteiger partial charge in [-0.05, 0) is 61.1 Å². The molecule has 0 amide bonds. The minimum Gasteiger partial charge on any atom is -0.497 e. The number of methoxy groups -OCH3 is 1. The van der Waals surface area contributed by atoms with Gasteiger partial charge in [0.1, 0.15) is 5.75 Å². The van der Waals surface area contributed by atoms with Crippen molar-refractivity contribution in [3.05, 3.63) is 48.7 Å². The molecular weight excluding hydrogens is 316 g/mol. The summed E-state index contributed by atoms with van der Waals surface area (Å²) in [5.41, 5.74) is 1.85. The molecule has 0 radical (unpaired) electrons. The summed E-state index contributed by atoms with van der Waals surface area (Å²) < 4.78 is 5.35. The first-order valence-corrected chi connectivity index (χ1v) is 8.68. The number of rotatable bonds is 4. The van der Waals surface area contributed by atoms with Gasteiger partial charge in [-0.15, -0.1) is 6.58 Å². The molecule has 5 unspecified atom stereocenters. The van der Waals surface area contributed by atoms with E-state index in [2.05, 4.69) is 22.5 Å². The van der Waals surface area contributed by atoms with Gasteiger partial charge in [-0.2, -0.15) is 0 Å². The molecule has 5 rings (SSSR count). The van der Waals surface area contributed by atoms with Gasteiger partial charge in [-0.25, -0.2) is 0 Å². The second-order valence-electron chi connectivity index (χ2n) is 6.97. The van der Waals surface area contributed by atoms with E-state index in [4.69, 9.17) is 4.74 Å². The highest BCUT2D eigenvalue weighted by molar-refractivity contribution is 5.83. The summed E-state index contributed by atoms with van der Waals surface area (Å²) in [4.78, 5) is 6.86. The molecular formula is C20H26N2O3. The van der Waals surface area contributed by atoms with E-state index in [1.807, 2.05) is 24.3 Å². The Bertz CT molecular complexity index is 764.